The van der Waals surface area contributed by atoms with Gasteiger partial charge >= 0.3 is 6.18 Å². The highest BCUT2D eigenvalue weighted by atomic mass is 79.9. The third kappa shape index (κ3) is 5.67. The molecule has 0 atom stereocenters. The van der Waals surface area contributed by atoms with Gasteiger partial charge in [-0.1, -0.05) is 31.8 Å². The van der Waals surface area contributed by atoms with Crippen LogP contribution < -0.4 is 0 Å². The van der Waals surface area contributed by atoms with Crippen molar-refractivity contribution in [1.29, 1.82) is 0 Å². The van der Waals surface area contributed by atoms with E-state index in [1.54, 1.807) is 10.6 Å². The number of ether oxygens (including phenoxy) is 1. The standard InChI is InChI=1S/C16H19Br2F3N2OSi/c1-25(2,3)8-7-24-10-23-14(18)13(17)22-15(23)11-5-4-6-12(9-11)16(19,20)21/h4-6,9H,7-8,10H2,1-3H3. The van der Waals surface area contributed by atoms with Gasteiger partial charge in [0, 0.05) is 20.2 Å². The summed E-state index contributed by atoms with van der Waals surface area (Å²) in [4.78, 5) is 4.33. The van der Waals surface area contributed by atoms with Crippen LogP contribution in [0.1, 0.15) is 5.56 Å². The fourth-order valence-corrected chi connectivity index (χ4v) is 3.61. The lowest BCUT2D eigenvalue weighted by Crippen LogP contribution is -2.22. The summed E-state index contributed by atoms with van der Waals surface area (Å²) in [6.45, 7) is 7.60. The zero-order valence-corrected chi connectivity index (χ0v) is 18.3. The van der Waals surface area contributed by atoms with Crippen molar-refractivity contribution in [3.8, 4) is 11.4 Å². The minimum absolute atomic E-state index is 0.218. The molecule has 0 spiro atoms. The summed E-state index contributed by atoms with van der Waals surface area (Å²) in [5.74, 6) is 0.415. The molecule has 0 amide bonds. The lowest BCUT2D eigenvalue weighted by atomic mass is 10.1. The predicted octanol–water partition coefficient (Wildman–Crippen LogP) is 6.41. The number of benzene rings is 1. The van der Waals surface area contributed by atoms with E-state index in [9.17, 15) is 13.2 Å². The second-order valence-corrected chi connectivity index (χ2v) is 14.0. The molecule has 1 heterocycles. The lowest BCUT2D eigenvalue weighted by molar-refractivity contribution is -0.137. The van der Waals surface area contributed by atoms with E-state index in [1.807, 2.05) is 0 Å². The van der Waals surface area contributed by atoms with Crippen LogP contribution in [0.5, 0.6) is 0 Å². The van der Waals surface area contributed by atoms with Gasteiger partial charge in [-0.2, -0.15) is 13.2 Å². The average Bonchev–Trinajstić information content (AvgIpc) is 2.78. The highest BCUT2D eigenvalue weighted by Crippen LogP contribution is 2.34. The average molecular weight is 500 g/mol. The molecule has 0 saturated carbocycles. The summed E-state index contributed by atoms with van der Waals surface area (Å²) in [5, 5.41) is 0. The number of imidazole rings is 1. The predicted molar refractivity (Wildman–Crippen MR) is 102 cm³/mol. The fourth-order valence-electron chi connectivity index (χ4n) is 2.11. The first-order chi connectivity index (χ1) is 11.5. The lowest BCUT2D eigenvalue weighted by Gasteiger charge is -2.16. The van der Waals surface area contributed by atoms with Crippen molar-refractivity contribution in [1.82, 2.24) is 9.55 Å². The Morgan fingerprint density at radius 3 is 2.48 bits per heavy atom. The minimum atomic E-state index is -4.39. The molecule has 2 rings (SSSR count). The van der Waals surface area contributed by atoms with E-state index in [-0.39, 0.29) is 6.73 Å². The Morgan fingerprint density at radius 2 is 1.88 bits per heavy atom. The van der Waals surface area contributed by atoms with Crippen LogP contribution in [0.3, 0.4) is 0 Å². The van der Waals surface area contributed by atoms with E-state index >= 15 is 0 Å². The van der Waals surface area contributed by atoms with Crippen molar-refractivity contribution < 1.29 is 17.9 Å². The molecule has 0 fully saturated rings. The number of halogens is 5. The zero-order chi connectivity index (χ0) is 18.8. The maximum absolute atomic E-state index is 13.0. The molecule has 1 aromatic heterocycles. The summed E-state index contributed by atoms with van der Waals surface area (Å²) in [6.07, 6.45) is -4.39. The minimum Gasteiger partial charge on any atom is -0.361 e. The van der Waals surface area contributed by atoms with Gasteiger partial charge in [0.25, 0.3) is 0 Å². The van der Waals surface area contributed by atoms with Crippen LogP contribution in [0.2, 0.25) is 25.7 Å². The van der Waals surface area contributed by atoms with Crippen molar-refractivity contribution in [2.24, 2.45) is 0 Å². The maximum atomic E-state index is 13.0. The smallest absolute Gasteiger partial charge is 0.361 e. The third-order valence-electron chi connectivity index (χ3n) is 3.53. The van der Waals surface area contributed by atoms with Gasteiger partial charge in [-0.25, -0.2) is 4.98 Å². The van der Waals surface area contributed by atoms with Crippen molar-refractivity contribution in [3.05, 3.63) is 39.0 Å². The molecular weight excluding hydrogens is 481 g/mol. The fraction of sp³-hybridized carbons (Fsp3) is 0.438. The van der Waals surface area contributed by atoms with Gasteiger partial charge in [0.05, 0.1) is 5.56 Å². The van der Waals surface area contributed by atoms with Gasteiger partial charge in [-0.15, -0.1) is 0 Å². The number of hydrogen-bond donors (Lipinski definition) is 0. The molecule has 9 heteroatoms. The second-order valence-electron chi connectivity index (χ2n) is 6.87. The Balaban J connectivity index is 2.26. The molecule has 3 nitrogen and oxygen atoms in total. The summed E-state index contributed by atoms with van der Waals surface area (Å²) in [6, 6.07) is 6.14. The van der Waals surface area contributed by atoms with Gasteiger partial charge in [0.15, 0.2) is 0 Å². The first-order valence-electron chi connectivity index (χ1n) is 7.66. The van der Waals surface area contributed by atoms with Crippen LogP contribution in [0.25, 0.3) is 11.4 Å². The van der Waals surface area contributed by atoms with E-state index < -0.39 is 19.8 Å². The highest BCUT2D eigenvalue weighted by Gasteiger charge is 2.31. The van der Waals surface area contributed by atoms with E-state index in [1.165, 1.54) is 6.07 Å². The number of aromatic nitrogens is 2. The third-order valence-corrected chi connectivity index (χ3v) is 7.12. The molecule has 0 bridgehead atoms. The van der Waals surface area contributed by atoms with Gasteiger partial charge in [0.2, 0.25) is 0 Å². The van der Waals surface area contributed by atoms with E-state index in [2.05, 4.69) is 56.5 Å². The van der Waals surface area contributed by atoms with Gasteiger partial charge < -0.3 is 4.74 Å². The SMILES string of the molecule is C[Si](C)(C)CCOCn1c(-c2cccc(C(F)(F)F)c2)nc(Br)c1Br. The second kappa shape index (κ2) is 7.94. The molecule has 0 saturated heterocycles. The van der Waals surface area contributed by atoms with E-state index in [0.29, 0.717) is 27.2 Å². The van der Waals surface area contributed by atoms with Crippen molar-refractivity contribution in [2.45, 2.75) is 38.6 Å². The largest absolute Gasteiger partial charge is 0.416 e. The molecule has 1 aromatic carbocycles. The Hall–Kier alpha value is -0.643. The van der Waals surface area contributed by atoms with E-state index in [4.69, 9.17) is 4.74 Å². The van der Waals surface area contributed by atoms with Crippen LogP contribution in [0, 0.1) is 0 Å². The van der Waals surface area contributed by atoms with Gasteiger partial charge in [0.1, 0.15) is 21.8 Å². The summed E-state index contributed by atoms with van der Waals surface area (Å²) in [7, 11) is -1.21. The molecule has 25 heavy (non-hydrogen) atoms. The van der Waals surface area contributed by atoms with E-state index in [0.717, 1.165) is 18.2 Å². The van der Waals surface area contributed by atoms with Crippen LogP contribution in [0.15, 0.2) is 33.5 Å². The first-order valence-corrected chi connectivity index (χ1v) is 13.0. The molecule has 0 aliphatic heterocycles. The molecule has 2 aromatic rings. The number of hydrogen-bond acceptors (Lipinski definition) is 2. The molecule has 0 aliphatic carbocycles. The van der Waals surface area contributed by atoms with Crippen LogP contribution >= 0.6 is 31.9 Å². The molecular formula is C16H19Br2F3N2OSi. The van der Waals surface area contributed by atoms with Gasteiger partial charge in [-0.3, -0.25) is 4.57 Å². The Kier molecular flexibility index (Phi) is 6.56. The Morgan fingerprint density at radius 1 is 1.20 bits per heavy atom. The van der Waals surface area contributed by atoms with Crippen molar-refractivity contribution >= 4 is 39.9 Å². The molecule has 0 N–H and O–H groups in total. The van der Waals surface area contributed by atoms with Crippen molar-refractivity contribution in [2.75, 3.05) is 6.61 Å². The first kappa shape index (κ1) is 20.7. The zero-order valence-electron chi connectivity index (χ0n) is 14.1. The molecule has 0 aliphatic rings. The van der Waals surface area contributed by atoms with Crippen LogP contribution in [-0.2, 0) is 17.6 Å². The van der Waals surface area contributed by atoms with Crippen LogP contribution in [0.4, 0.5) is 13.2 Å². The quantitative estimate of drug-likeness (QED) is 0.339. The highest BCUT2D eigenvalue weighted by molar-refractivity contribution is 9.13. The maximum Gasteiger partial charge on any atom is 0.416 e. The summed E-state index contributed by atoms with van der Waals surface area (Å²) in [5.41, 5.74) is -0.318. The topological polar surface area (TPSA) is 27.1 Å². The number of nitrogens with zero attached hydrogens (tertiary/aromatic N) is 2. The summed E-state index contributed by atoms with van der Waals surface area (Å²) < 4.78 is 47.5. The number of rotatable bonds is 6. The van der Waals surface area contributed by atoms with Crippen molar-refractivity contribution in [3.63, 3.8) is 0 Å². The molecule has 0 radical (unpaired) electrons. The Bertz CT molecular complexity index is 742. The molecule has 138 valence electrons. The number of alkyl halides is 3. The van der Waals surface area contributed by atoms with Crippen LogP contribution in [-0.4, -0.2) is 24.2 Å². The monoisotopic (exact) mass is 498 g/mol. The Labute approximate surface area is 162 Å². The van der Waals surface area contributed by atoms with Gasteiger partial charge in [-0.05, 0) is 50.0 Å². The summed E-state index contributed by atoms with van der Waals surface area (Å²) >= 11 is 6.72. The molecule has 0 unspecified atom stereocenters. The normalized spacial score (nSPS) is 12.6.